The van der Waals surface area contributed by atoms with Crippen LogP contribution in [0, 0.1) is 12.7 Å². The summed E-state index contributed by atoms with van der Waals surface area (Å²) in [5.41, 5.74) is 2.43. The zero-order chi connectivity index (χ0) is 22.8. The molecule has 160 valence electrons. The third kappa shape index (κ3) is 5.09. The van der Waals surface area contributed by atoms with Crippen LogP contribution in [0.4, 0.5) is 15.8 Å². The van der Waals surface area contributed by atoms with Gasteiger partial charge in [-0.1, -0.05) is 45.0 Å². The van der Waals surface area contributed by atoms with Gasteiger partial charge in [-0.3, -0.25) is 9.59 Å². The number of anilines is 2. The minimum Gasteiger partial charge on any atom is -0.506 e. The van der Waals surface area contributed by atoms with Crippen molar-refractivity contribution in [2.24, 2.45) is 0 Å². The van der Waals surface area contributed by atoms with Gasteiger partial charge in [-0.05, 0) is 59.9 Å². The maximum atomic E-state index is 13.9. The molecule has 0 heterocycles. The molecule has 0 aromatic heterocycles. The van der Waals surface area contributed by atoms with Crippen LogP contribution in [-0.4, -0.2) is 16.9 Å². The van der Waals surface area contributed by atoms with Crippen LogP contribution in [-0.2, 0) is 5.41 Å². The van der Waals surface area contributed by atoms with E-state index in [-0.39, 0.29) is 22.3 Å². The van der Waals surface area contributed by atoms with Crippen molar-refractivity contribution in [3.63, 3.8) is 0 Å². The number of hydrogen-bond acceptors (Lipinski definition) is 3. The third-order valence-corrected chi connectivity index (χ3v) is 4.98. The summed E-state index contributed by atoms with van der Waals surface area (Å²) in [6.45, 7) is 7.89. The van der Waals surface area contributed by atoms with E-state index in [0.29, 0.717) is 11.4 Å². The first-order chi connectivity index (χ1) is 14.6. The van der Waals surface area contributed by atoms with Crippen LogP contribution in [0.15, 0.2) is 60.7 Å². The third-order valence-electron chi connectivity index (χ3n) is 4.98. The molecule has 3 aromatic carbocycles. The summed E-state index contributed by atoms with van der Waals surface area (Å²) in [4.78, 5) is 25.3. The number of aryl methyl sites for hydroxylation is 1. The van der Waals surface area contributed by atoms with Crippen LogP contribution in [0.3, 0.4) is 0 Å². The Morgan fingerprint density at radius 2 is 1.55 bits per heavy atom. The Morgan fingerprint density at radius 3 is 2.23 bits per heavy atom. The van der Waals surface area contributed by atoms with Crippen molar-refractivity contribution in [1.29, 1.82) is 0 Å². The SMILES string of the molecule is Cc1ccc(C(=O)Nc2cc(C(C)(C)C)ccc2O)cc1NC(=O)c1ccccc1F. The first-order valence-corrected chi connectivity index (χ1v) is 9.87. The molecule has 6 heteroatoms. The number of hydrogen-bond donors (Lipinski definition) is 3. The molecule has 0 bridgehead atoms. The van der Waals surface area contributed by atoms with Gasteiger partial charge in [0.15, 0.2) is 0 Å². The number of aromatic hydroxyl groups is 1. The molecule has 3 N–H and O–H groups in total. The molecule has 0 radical (unpaired) electrons. The summed E-state index contributed by atoms with van der Waals surface area (Å²) >= 11 is 0. The van der Waals surface area contributed by atoms with Crippen LogP contribution in [0.1, 0.15) is 52.6 Å². The van der Waals surface area contributed by atoms with Gasteiger partial charge in [0.2, 0.25) is 0 Å². The van der Waals surface area contributed by atoms with Gasteiger partial charge >= 0.3 is 0 Å². The lowest BCUT2D eigenvalue weighted by atomic mass is 9.87. The highest BCUT2D eigenvalue weighted by Gasteiger charge is 2.18. The Balaban J connectivity index is 1.84. The molecule has 3 rings (SSSR count). The second kappa shape index (κ2) is 8.60. The van der Waals surface area contributed by atoms with E-state index >= 15 is 0 Å². The number of amides is 2. The van der Waals surface area contributed by atoms with E-state index in [9.17, 15) is 19.1 Å². The molecular weight excluding hydrogens is 395 g/mol. The van der Waals surface area contributed by atoms with Crippen LogP contribution in [0.2, 0.25) is 0 Å². The van der Waals surface area contributed by atoms with E-state index in [1.54, 1.807) is 37.3 Å². The van der Waals surface area contributed by atoms with E-state index in [4.69, 9.17) is 0 Å². The average Bonchev–Trinajstić information content (AvgIpc) is 2.70. The molecule has 0 spiro atoms. The van der Waals surface area contributed by atoms with Gasteiger partial charge in [0.25, 0.3) is 11.8 Å². The molecule has 0 atom stereocenters. The molecule has 3 aromatic rings. The van der Waals surface area contributed by atoms with Gasteiger partial charge in [-0.15, -0.1) is 0 Å². The van der Waals surface area contributed by atoms with Gasteiger partial charge in [0, 0.05) is 11.3 Å². The zero-order valence-electron chi connectivity index (χ0n) is 17.9. The Bertz CT molecular complexity index is 1150. The number of nitrogens with one attached hydrogen (secondary N) is 2. The van der Waals surface area contributed by atoms with Crippen molar-refractivity contribution in [3.05, 3.63) is 88.7 Å². The number of phenols is 1. The second-order valence-corrected chi connectivity index (χ2v) is 8.40. The van der Waals surface area contributed by atoms with Crippen molar-refractivity contribution in [3.8, 4) is 5.75 Å². The average molecular weight is 420 g/mol. The first kappa shape index (κ1) is 22.0. The molecular formula is C25H25FN2O3. The number of rotatable bonds is 4. The summed E-state index contributed by atoms with van der Waals surface area (Å²) in [5.74, 6) is -1.71. The summed E-state index contributed by atoms with van der Waals surface area (Å²) in [6.07, 6.45) is 0. The van der Waals surface area contributed by atoms with Gasteiger partial charge < -0.3 is 15.7 Å². The second-order valence-electron chi connectivity index (χ2n) is 8.40. The molecule has 0 saturated heterocycles. The normalized spacial score (nSPS) is 11.1. The van der Waals surface area contributed by atoms with Gasteiger partial charge in [-0.2, -0.15) is 0 Å². The fourth-order valence-corrected chi connectivity index (χ4v) is 3.03. The molecule has 0 unspecified atom stereocenters. The van der Waals surface area contributed by atoms with Gasteiger partial charge in [0.05, 0.1) is 11.3 Å². The van der Waals surface area contributed by atoms with Crippen LogP contribution in [0.25, 0.3) is 0 Å². The lowest BCUT2D eigenvalue weighted by Crippen LogP contribution is -2.17. The summed E-state index contributed by atoms with van der Waals surface area (Å²) in [5, 5.41) is 15.5. The Hall–Kier alpha value is -3.67. The fourth-order valence-electron chi connectivity index (χ4n) is 3.03. The lowest BCUT2D eigenvalue weighted by Gasteiger charge is -2.20. The highest BCUT2D eigenvalue weighted by Crippen LogP contribution is 2.31. The zero-order valence-corrected chi connectivity index (χ0v) is 17.9. The van der Waals surface area contributed by atoms with Crippen molar-refractivity contribution in [2.45, 2.75) is 33.1 Å². The van der Waals surface area contributed by atoms with Crippen LogP contribution >= 0.6 is 0 Å². The van der Waals surface area contributed by atoms with E-state index in [1.165, 1.54) is 24.3 Å². The molecule has 0 saturated carbocycles. The van der Waals surface area contributed by atoms with Crippen molar-refractivity contribution in [2.75, 3.05) is 10.6 Å². The Kier molecular flexibility index (Phi) is 6.11. The summed E-state index contributed by atoms with van der Waals surface area (Å²) in [6, 6.07) is 15.6. The van der Waals surface area contributed by atoms with Gasteiger partial charge in [0.1, 0.15) is 11.6 Å². The maximum absolute atomic E-state index is 13.9. The van der Waals surface area contributed by atoms with Crippen molar-refractivity contribution in [1.82, 2.24) is 0 Å². The number of carbonyl (C=O) groups is 2. The summed E-state index contributed by atoms with van der Waals surface area (Å²) < 4.78 is 13.9. The summed E-state index contributed by atoms with van der Waals surface area (Å²) in [7, 11) is 0. The van der Waals surface area contributed by atoms with E-state index < -0.39 is 17.6 Å². The highest BCUT2D eigenvalue weighted by atomic mass is 19.1. The maximum Gasteiger partial charge on any atom is 0.258 e. The predicted molar refractivity (Wildman–Crippen MR) is 120 cm³/mol. The number of benzene rings is 3. The van der Waals surface area contributed by atoms with E-state index in [0.717, 1.165) is 11.1 Å². The quantitative estimate of drug-likeness (QED) is 0.478. The topological polar surface area (TPSA) is 78.4 Å². The first-order valence-electron chi connectivity index (χ1n) is 9.87. The minimum absolute atomic E-state index is 0.0402. The predicted octanol–water partition coefficient (Wildman–Crippen LogP) is 5.64. The van der Waals surface area contributed by atoms with E-state index in [2.05, 4.69) is 10.6 Å². The Morgan fingerprint density at radius 1 is 0.871 bits per heavy atom. The van der Waals surface area contributed by atoms with E-state index in [1.807, 2.05) is 26.8 Å². The highest BCUT2D eigenvalue weighted by molar-refractivity contribution is 6.08. The van der Waals surface area contributed by atoms with Crippen molar-refractivity contribution >= 4 is 23.2 Å². The fraction of sp³-hybridized carbons (Fsp3) is 0.200. The standard InChI is InChI=1S/C25H25FN2O3/c1-15-9-10-16(13-20(15)27-24(31)18-7-5-6-8-19(18)26)23(30)28-21-14-17(25(2,3)4)11-12-22(21)29/h5-14,29H,1-4H3,(H,27,31)(H,28,30). The molecule has 5 nitrogen and oxygen atoms in total. The minimum atomic E-state index is -0.624. The molecule has 0 fully saturated rings. The smallest absolute Gasteiger partial charge is 0.258 e. The van der Waals surface area contributed by atoms with Crippen molar-refractivity contribution < 1.29 is 19.1 Å². The number of halogens is 1. The monoisotopic (exact) mass is 420 g/mol. The van der Waals surface area contributed by atoms with Crippen LogP contribution in [0.5, 0.6) is 5.75 Å². The lowest BCUT2D eigenvalue weighted by molar-refractivity contribution is 0.101. The Labute approximate surface area is 180 Å². The molecule has 2 amide bonds. The molecule has 0 aliphatic rings. The molecule has 0 aliphatic carbocycles. The van der Waals surface area contributed by atoms with Gasteiger partial charge in [-0.25, -0.2) is 4.39 Å². The number of phenolic OH excluding ortho intramolecular Hbond substituents is 1. The largest absolute Gasteiger partial charge is 0.506 e. The molecule has 31 heavy (non-hydrogen) atoms. The molecule has 0 aliphatic heterocycles. The van der Waals surface area contributed by atoms with Crippen LogP contribution < -0.4 is 10.6 Å². The number of carbonyl (C=O) groups excluding carboxylic acids is 2.